The second-order valence-electron chi connectivity index (χ2n) is 15.4. The Morgan fingerprint density at radius 3 is 2.31 bits per heavy atom. The number of phenolic OH excluding ortho intramolecular Hbond substituents is 1. The number of rotatable bonds is 20. The number of carbonyl (C=O) groups excluding carboxylic acids is 3. The van der Waals surface area contributed by atoms with E-state index in [1.807, 2.05) is 13.1 Å². The molecule has 1 aromatic rings. The maximum atomic E-state index is 13.3. The summed E-state index contributed by atoms with van der Waals surface area (Å²) in [6.45, 7) is 5.87. The van der Waals surface area contributed by atoms with Crippen molar-refractivity contribution in [3.05, 3.63) is 47.2 Å². The molecule has 1 spiro atoms. The molecule has 1 saturated heterocycles. The summed E-state index contributed by atoms with van der Waals surface area (Å²) in [6.07, 6.45) is 20.5. The fourth-order valence-corrected chi connectivity index (χ4v) is 8.85. The molecule has 5 rings (SSSR count). The van der Waals surface area contributed by atoms with E-state index in [1.54, 1.807) is 12.1 Å². The Morgan fingerprint density at radius 2 is 1.60 bits per heavy atom. The summed E-state index contributed by atoms with van der Waals surface area (Å²) < 4.78 is 22.9. The van der Waals surface area contributed by atoms with Crippen molar-refractivity contribution in [2.24, 2.45) is 0 Å². The van der Waals surface area contributed by atoms with E-state index in [0.29, 0.717) is 25.0 Å². The Hall–Kier alpha value is -3.37. The van der Waals surface area contributed by atoms with Gasteiger partial charge in [0.2, 0.25) is 0 Å². The van der Waals surface area contributed by atoms with Crippen molar-refractivity contribution in [2.45, 2.75) is 172 Å². The number of carbonyl (C=O) groups is 3. The number of aliphatic hydroxyl groups is 1. The first-order valence-electron chi connectivity index (χ1n) is 19.9. The summed E-state index contributed by atoms with van der Waals surface area (Å²) in [4.78, 5) is 40.7. The molecule has 1 aromatic carbocycles. The predicted octanol–water partition coefficient (Wildman–Crippen LogP) is 7.50. The van der Waals surface area contributed by atoms with Crippen molar-refractivity contribution < 1.29 is 43.5 Å². The minimum atomic E-state index is -1.29. The number of nitrogens with zero attached hydrogens (tertiary/aromatic N) is 1. The van der Waals surface area contributed by atoms with Crippen LogP contribution in [0, 0.1) is 0 Å². The standard InChI is InChI=1S/C42H61NO9/c1-5-6-7-8-9-10-11-12-13-14-15-16-17-18-19-21-35(45)49-29(2)39(46)50-30(3)40(47)51-33-24-26-42(48)34-28-31-22-23-32(44)37-36(31)41(42,38(33)52-37)25-20-27-43(34)4/h12-13,22-24,29-30,34,38,44,48H,5-11,14-21,25-28H2,1-4H3/b13-12+/t29-,30-,34+,38-,41-,42+/m0/s1. The molecule has 0 amide bonds. The van der Waals surface area contributed by atoms with Gasteiger partial charge in [0, 0.05) is 24.4 Å². The van der Waals surface area contributed by atoms with Crippen LogP contribution in [0.5, 0.6) is 11.5 Å². The topological polar surface area (TPSA) is 132 Å². The molecule has 288 valence electrons. The molecular weight excluding hydrogens is 662 g/mol. The predicted molar refractivity (Wildman–Crippen MR) is 198 cm³/mol. The molecule has 0 unspecified atom stereocenters. The van der Waals surface area contributed by atoms with Gasteiger partial charge < -0.3 is 34.1 Å². The first kappa shape index (κ1) is 39.8. The average Bonchev–Trinajstić information content (AvgIpc) is 3.46. The molecule has 2 N–H and O–H groups in total. The molecule has 0 aromatic heterocycles. The van der Waals surface area contributed by atoms with Crippen molar-refractivity contribution >= 4 is 17.9 Å². The highest BCUT2D eigenvalue weighted by Gasteiger charge is 2.71. The van der Waals surface area contributed by atoms with Gasteiger partial charge in [-0.15, -0.1) is 0 Å². The van der Waals surface area contributed by atoms with Gasteiger partial charge in [0.25, 0.3) is 0 Å². The Balaban J connectivity index is 1.03. The van der Waals surface area contributed by atoms with Crippen LogP contribution in [0.2, 0.25) is 0 Å². The van der Waals surface area contributed by atoms with Crippen molar-refractivity contribution in [3.8, 4) is 11.5 Å². The van der Waals surface area contributed by atoms with E-state index in [9.17, 15) is 24.6 Å². The van der Waals surface area contributed by atoms with E-state index < -0.39 is 47.2 Å². The van der Waals surface area contributed by atoms with E-state index in [1.165, 1.54) is 58.8 Å². The first-order valence-corrected chi connectivity index (χ1v) is 19.9. The van der Waals surface area contributed by atoms with E-state index in [0.717, 1.165) is 56.2 Å². The molecule has 2 aliphatic heterocycles. The third kappa shape index (κ3) is 8.54. The number of hydrogen-bond acceptors (Lipinski definition) is 10. The molecule has 10 nitrogen and oxygen atoms in total. The summed E-state index contributed by atoms with van der Waals surface area (Å²) in [5.74, 6) is -1.59. The monoisotopic (exact) mass is 723 g/mol. The number of phenols is 1. The van der Waals surface area contributed by atoms with Crippen LogP contribution in [0.25, 0.3) is 0 Å². The Bertz CT molecular complexity index is 1470. The van der Waals surface area contributed by atoms with E-state index in [-0.39, 0.29) is 30.4 Å². The number of ether oxygens (including phenoxy) is 4. The maximum absolute atomic E-state index is 13.3. The molecule has 4 aliphatic rings. The smallest absolute Gasteiger partial charge is 0.352 e. The average molecular weight is 724 g/mol. The van der Waals surface area contributed by atoms with Crippen LogP contribution in [0.3, 0.4) is 0 Å². The Morgan fingerprint density at radius 1 is 0.942 bits per heavy atom. The van der Waals surface area contributed by atoms with E-state index in [4.69, 9.17) is 18.9 Å². The van der Waals surface area contributed by atoms with Gasteiger partial charge in [-0.2, -0.15) is 0 Å². The number of benzene rings is 1. The van der Waals surface area contributed by atoms with Gasteiger partial charge >= 0.3 is 17.9 Å². The molecule has 1 fully saturated rings. The molecule has 6 atom stereocenters. The van der Waals surface area contributed by atoms with Crippen LogP contribution in [0.4, 0.5) is 0 Å². The molecule has 10 heteroatoms. The highest BCUT2D eigenvalue weighted by Crippen LogP contribution is 2.65. The molecule has 2 aliphatic carbocycles. The second kappa shape index (κ2) is 18.1. The van der Waals surface area contributed by atoms with Crippen LogP contribution in [0.15, 0.2) is 36.1 Å². The quantitative estimate of drug-likeness (QED) is 0.0603. The molecular formula is C42H61NO9. The summed E-state index contributed by atoms with van der Waals surface area (Å²) in [6, 6.07) is 3.33. The highest BCUT2D eigenvalue weighted by molar-refractivity contribution is 5.83. The van der Waals surface area contributed by atoms with Crippen LogP contribution in [0.1, 0.15) is 141 Å². The van der Waals surface area contributed by atoms with E-state index >= 15 is 0 Å². The third-order valence-electron chi connectivity index (χ3n) is 11.7. The number of likely N-dealkylation sites (N-methyl/N-ethyl adjacent to an activating group) is 1. The molecule has 52 heavy (non-hydrogen) atoms. The summed E-state index contributed by atoms with van der Waals surface area (Å²) in [5.41, 5.74) is -0.313. The second-order valence-corrected chi connectivity index (χ2v) is 15.4. The highest BCUT2D eigenvalue weighted by atomic mass is 16.6. The number of likely N-dealkylation sites (tertiary alicyclic amines) is 1. The molecule has 2 heterocycles. The number of allylic oxidation sites excluding steroid dienone is 2. The number of unbranched alkanes of at least 4 members (excludes halogenated alkanes) is 11. The Kier molecular flexibility index (Phi) is 13.9. The normalized spacial score (nSPS) is 25.8. The van der Waals surface area contributed by atoms with Gasteiger partial charge in [-0.3, -0.25) is 4.79 Å². The summed E-state index contributed by atoms with van der Waals surface area (Å²) in [5, 5.41) is 23.2. The van der Waals surface area contributed by atoms with Crippen LogP contribution >= 0.6 is 0 Å². The van der Waals surface area contributed by atoms with Gasteiger partial charge in [0.1, 0.15) is 5.76 Å². The van der Waals surface area contributed by atoms with Crippen LogP contribution < -0.4 is 4.74 Å². The van der Waals surface area contributed by atoms with Gasteiger partial charge in [-0.25, -0.2) is 9.59 Å². The summed E-state index contributed by atoms with van der Waals surface area (Å²) >= 11 is 0. The minimum Gasteiger partial charge on any atom is -0.504 e. The molecule has 2 bridgehead atoms. The minimum absolute atomic E-state index is 0.0188. The first-order chi connectivity index (χ1) is 25.0. The molecule has 0 saturated carbocycles. The largest absolute Gasteiger partial charge is 0.504 e. The lowest BCUT2D eigenvalue weighted by Crippen LogP contribution is -2.69. The number of hydrogen-bond donors (Lipinski definition) is 2. The maximum Gasteiger partial charge on any atom is 0.352 e. The van der Waals surface area contributed by atoms with Crippen molar-refractivity contribution in [1.82, 2.24) is 4.90 Å². The lowest BCUT2D eigenvalue weighted by molar-refractivity contribution is -0.177. The zero-order chi connectivity index (χ0) is 37.3. The van der Waals surface area contributed by atoms with Crippen molar-refractivity contribution in [2.75, 3.05) is 13.6 Å². The third-order valence-corrected chi connectivity index (χ3v) is 11.7. The fourth-order valence-electron chi connectivity index (χ4n) is 8.85. The number of aromatic hydroxyl groups is 1. The van der Waals surface area contributed by atoms with Crippen molar-refractivity contribution in [3.63, 3.8) is 0 Å². The number of esters is 3. The van der Waals surface area contributed by atoms with Crippen molar-refractivity contribution in [1.29, 1.82) is 0 Å². The van der Waals surface area contributed by atoms with E-state index in [2.05, 4.69) is 24.0 Å². The van der Waals surface area contributed by atoms with Crippen LogP contribution in [-0.4, -0.2) is 76.6 Å². The molecule has 0 radical (unpaired) electrons. The zero-order valence-electron chi connectivity index (χ0n) is 31.8. The lowest BCUT2D eigenvalue weighted by Gasteiger charge is -2.56. The van der Waals surface area contributed by atoms with Gasteiger partial charge in [0.05, 0.1) is 11.0 Å². The fraction of sp³-hybridized carbons (Fsp3) is 0.690. The zero-order valence-corrected chi connectivity index (χ0v) is 31.8. The van der Waals surface area contributed by atoms with Gasteiger partial charge in [-0.1, -0.05) is 76.5 Å². The lowest BCUT2D eigenvalue weighted by atomic mass is 9.52. The summed E-state index contributed by atoms with van der Waals surface area (Å²) in [7, 11) is 2.02. The van der Waals surface area contributed by atoms with Gasteiger partial charge in [0.15, 0.2) is 29.8 Å². The van der Waals surface area contributed by atoms with Gasteiger partial charge in [-0.05, 0) is 96.5 Å². The Labute approximate surface area is 309 Å². The SMILES string of the molecule is CCCCCCCC/C=C/CCCCCCCC(=O)O[C@@H](C)C(=O)O[C@@H](C)C(=O)OC1=CC[C@@]2(O)[C@H]3Cc4ccc(O)c5c4[C@@]2(CCCN3C)[C@H]1O5. The van der Waals surface area contributed by atoms with Crippen LogP contribution in [-0.2, 0) is 40.4 Å².